The molecule has 7 heteroatoms. The molecule has 0 unspecified atom stereocenters. The first-order chi connectivity index (χ1) is 9.13. The van der Waals surface area contributed by atoms with Gasteiger partial charge in [0.15, 0.2) is 5.82 Å². The molecule has 1 N–H and O–H groups in total. The molecule has 100 valence electrons. The molecule has 0 radical (unpaired) electrons. The number of nitrogens with zero attached hydrogens (tertiary/aromatic N) is 3. The number of hydrogen-bond donors (Lipinski definition) is 1. The summed E-state index contributed by atoms with van der Waals surface area (Å²) in [6, 6.07) is 1.32. The quantitative estimate of drug-likeness (QED) is 0.819. The molecule has 0 amide bonds. The number of carbonyl (C=O) groups excluding carboxylic acids is 1. The fraction of sp³-hybridized carbons (Fsp3) is 0.333. The summed E-state index contributed by atoms with van der Waals surface area (Å²) in [5.41, 5.74) is 0.0667. The highest BCUT2D eigenvalue weighted by Gasteiger charge is 2.11. The highest BCUT2D eigenvalue weighted by molar-refractivity contribution is 5.88. The molecule has 0 fully saturated rings. The normalized spacial score (nSPS) is 10.4. The Balaban J connectivity index is 2.35. The van der Waals surface area contributed by atoms with Gasteiger partial charge in [0.25, 0.3) is 5.56 Å². The zero-order chi connectivity index (χ0) is 13.8. The first-order valence-electron chi connectivity index (χ1n) is 5.96. The fourth-order valence-electron chi connectivity index (χ4n) is 1.55. The molecule has 19 heavy (non-hydrogen) atoms. The van der Waals surface area contributed by atoms with Crippen LogP contribution in [0.15, 0.2) is 23.3 Å². The van der Waals surface area contributed by atoms with Gasteiger partial charge in [0.2, 0.25) is 0 Å². The highest BCUT2D eigenvalue weighted by atomic mass is 16.5. The molecular weight excluding hydrogens is 248 g/mol. The molecule has 0 bridgehead atoms. The van der Waals surface area contributed by atoms with Gasteiger partial charge < -0.3 is 9.72 Å². The van der Waals surface area contributed by atoms with E-state index in [1.807, 2.05) is 6.92 Å². The number of aromatic nitrogens is 4. The molecule has 0 saturated carbocycles. The van der Waals surface area contributed by atoms with E-state index in [4.69, 9.17) is 4.74 Å². The van der Waals surface area contributed by atoms with E-state index in [1.165, 1.54) is 23.1 Å². The number of hydrogen-bond acceptors (Lipinski definition) is 5. The average Bonchev–Trinajstić information content (AvgIpc) is 2.88. The second-order valence-corrected chi connectivity index (χ2v) is 3.80. The van der Waals surface area contributed by atoms with E-state index < -0.39 is 5.97 Å². The van der Waals surface area contributed by atoms with Crippen LogP contribution in [0.4, 0.5) is 0 Å². The van der Waals surface area contributed by atoms with Crippen molar-refractivity contribution in [2.75, 3.05) is 6.61 Å². The van der Waals surface area contributed by atoms with Crippen LogP contribution in [0.2, 0.25) is 0 Å². The van der Waals surface area contributed by atoms with Crippen molar-refractivity contribution in [3.05, 3.63) is 40.2 Å². The summed E-state index contributed by atoms with van der Waals surface area (Å²) in [5.74, 6) is 0.487. The summed E-state index contributed by atoms with van der Waals surface area (Å²) in [6.07, 6.45) is 3.47. The fourth-order valence-corrected chi connectivity index (χ4v) is 1.55. The van der Waals surface area contributed by atoms with Crippen LogP contribution in [0.3, 0.4) is 0 Å². The Bertz CT molecular complexity index is 644. The molecule has 2 aromatic rings. The first kappa shape index (κ1) is 13.0. The Morgan fingerprint density at radius 3 is 2.95 bits per heavy atom. The molecule has 0 aliphatic carbocycles. The molecule has 0 aliphatic rings. The smallest absolute Gasteiger partial charge is 0.341 e. The van der Waals surface area contributed by atoms with Crippen LogP contribution in [0.1, 0.15) is 30.0 Å². The van der Waals surface area contributed by atoms with Crippen LogP contribution in [0.5, 0.6) is 0 Å². The summed E-state index contributed by atoms with van der Waals surface area (Å²) in [7, 11) is 0. The lowest BCUT2D eigenvalue weighted by Gasteiger charge is -2.02. The zero-order valence-electron chi connectivity index (χ0n) is 10.7. The Labute approximate surface area is 109 Å². The number of esters is 1. The summed E-state index contributed by atoms with van der Waals surface area (Å²) in [4.78, 5) is 29.8. The van der Waals surface area contributed by atoms with Gasteiger partial charge in [0, 0.05) is 18.7 Å². The Kier molecular flexibility index (Phi) is 3.74. The predicted octanol–water partition coefficient (Wildman–Crippen LogP) is 0.695. The largest absolute Gasteiger partial charge is 0.462 e. The van der Waals surface area contributed by atoms with Crippen LogP contribution < -0.4 is 5.56 Å². The lowest BCUT2D eigenvalue weighted by atomic mass is 10.4. The minimum Gasteiger partial charge on any atom is -0.462 e. The van der Waals surface area contributed by atoms with Gasteiger partial charge in [-0.1, -0.05) is 6.92 Å². The van der Waals surface area contributed by atoms with Crippen LogP contribution in [0, 0.1) is 0 Å². The second kappa shape index (κ2) is 5.47. The minimum absolute atomic E-state index is 0.255. The van der Waals surface area contributed by atoms with E-state index in [0.717, 1.165) is 0 Å². The number of aryl methyl sites for hydroxylation is 1. The molecule has 2 heterocycles. The van der Waals surface area contributed by atoms with E-state index in [9.17, 15) is 9.59 Å². The third-order valence-corrected chi connectivity index (χ3v) is 2.44. The average molecular weight is 262 g/mol. The molecule has 2 rings (SSSR count). The molecular formula is C12H14N4O3. The van der Waals surface area contributed by atoms with Crippen LogP contribution in [0.25, 0.3) is 5.82 Å². The summed E-state index contributed by atoms with van der Waals surface area (Å²) >= 11 is 0. The van der Waals surface area contributed by atoms with Gasteiger partial charge in [0.1, 0.15) is 5.82 Å². The van der Waals surface area contributed by atoms with Crippen molar-refractivity contribution in [1.29, 1.82) is 0 Å². The van der Waals surface area contributed by atoms with E-state index in [1.54, 1.807) is 6.92 Å². The van der Waals surface area contributed by atoms with E-state index >= 15 is 0 Å². The summed E-state index contributed by atoms with van der Waals surface area (Å²) in [5, 5.41) is 4.01. The van der Waals surface area contributed by atoms with E-state index in [0.29, 0.717) is 30.2 Å². The lowest BCUT2D eigenvalue weighted by molar-refractivity contribution is 0.0526. The minimum atomic E-state index is -0.450. The summed E-state index contributed by atoms with van der Waals surface area (Å²) in [6.45, 7) is 3.91. The Hall–Kier alpha value is -2.44. The highest BCUT2D eigenvalue weighted by Crippen LogP contribution is 2.05. The van der Waals surface area contributed by atoms with Crippen molar-refractivity contribution < 1.29 is 9.53 Å². The summed E-state index contributed by atoms with van der Waals surface area (Å²) < 4.78 is 6.24. The van der Waals surface area contributed by atoms with Crippen molar-refractivity contribution in [2.45, 2.75) is 20.3 Å². The topological polar surface area (TPSA) is 89.9 Å². The molecule has 0 saturated heterocycles. The Morgan fingerprint density at radius 2 is 2.26 bits per heavy atom. The van der Waals surface area contributed by atoms with E-state index in [-0.39, 0.29) is 5.56 Å². The third kappa shape index (κ3) is 2.87. The monoisotopic (exact) mass is 262 g/mol. The van der Waals surface area contributed by atoms with Gasteiger partial charge in [-0.05, 0) is 6.92 Å². The number of H-pyrrole nitrogens is 1. The molecule has 0 aromatic carbocycles. The molecule has 0 atom stereocenters. The Morgan fingerprint density at radius 1 is 1.47 bits per heavy atom. The van der Waals surface area contributed by atoms with Gasteiger partial charge in [-0.15, -0.1) is 0 Å². The lowest BCUT2D eigenvalue weighted by Crippen LogP contribution is -2.13. The van der Waals surface area contributed by atoms with Crippen LogP contribution >= 0.6 is 0 Å². The molecule has 0 spiro atoms. The number of ether oxygens (including phenoxy) is 1. The van der Waals surface area contributed by atoms with E-state index in [2.05, 4.69) is 15.1 Å². The van der Waals surface area contributed by atoms with Gasteiger partial charge in [-0.3, -0.25) is 4.79 Å². The number of carbonyl (C=O) groups is 1. The second-order valence-electron chi connectivity index (χ2n) is 3.80. The van der Waals surface area contributed by atoms with Crippen molar-refractivity contribution >= 4 is 5.97 Å². The zero-order valence-corrected chi connectivity index (χ0v) is 10.7. The third-order valence-electron chi connectivity index (χ3n) is 2.44. The van der Waals surface area contributed by atoms with Gasteiger partial charge in [0.05, 0.1) is 18.4 Å². The number of rotatable bonds is 4. The molecule has 7 nitrogen and oxygen atoms in total. The van der Waals surface area contributed by atoms with Crippen molar-refractivity contribution in [3.8, 4) is 5.82 Å². The maximum Gasteiger partial charge on any atom is 0.341 e. The SMILES string of the molecule is CCOC(=O)c1cnn(-c2cc(=O)[nH]c(CC)n2)c1. The molecule has 0 aliphatic heterocycles. The van der Waals surface area contributed by atoms with Gasteiger partial charge in [-0.2, -0.15) is 5.10 Å². The number of aromatic amines is 1. The van der Waals surface area contributed by atoms with Gasteiger partial charge in [-0.25, -0.2) is 14.5 Å². The van der Waals surface area contributed by atoms with Crippen LogP contribution in [-0.2, 0) is 11.2 Å². The van der Waals surface area contributed by atoms with Gasteiger partial charge >= 0.3 is 5.97 Å². The van der Waals surface area contributed by atoms with Crippen molar-refractivity contribution in [1.82, 2.24) is 19.7 Å². The first-order valence-corrected chi connectivity index (χ1v) is 5.96. The maximum atomic E-state index is 11.5. The standard InChI is InChI=1S/C12H14N4O3/c1-3-9-14-10(5-11(17)15-9)16-7-8(6-13-16)12(18)19-4-2/h5-7H,3-4H2,1-2H3,(H,14,15,17). The van der Waals surface area contributed by atoms with Crippen LogP contribution in [-0.4, -0.2) is 32.3 Å². The number of nitrogens with one attached hydrogen (secondary N) is 1. The molecule has 2 aromatic heterocycles. The van der Waals surface area contributed by atoms with Crippen molar-refractivity contribution in [2.24, 2.45) is 0 Å². The maximum absolute atomic E-state index is 11.5. The van der Waals surface area contributed by atoms with Crippen molar-refractivity contribution in [3.63, 3.8) is 0 Å². The predicted molar refractivity (Wildman–Crippen MR) is 67.3 cm³/mol.